The number of aromatic nitrogens is 3. The van der Waals surface area contributed by atoms with Crippen LogP contribution in [0.2, 0.25) is 0 Å². The predicted molar refractivity (Wildman–Crippen MR) is 69.2 cm³/mol. The van der Waals surface area contributed by atoms with E-state index in [1.807, 2.05) is 0 Å². The fourth-order valence-electron chi connectivity index (χ4n) is 2.13. The second kappa shape index (κ2) is 4.92. The van der Waals surface area contributed by atoms with E-state index >= 15 is 0 Å². The van der Waals surface area contributed by atoms with Gasteiger partial charge in [0.25, 0.3) is 5.91 Å². The summed E-state index contributed by atoms with van der Waals surface area (Å²) in [4.78, 5) is 27.4. The van der Waals surface area contributed by atoms with Crippen LogP contribution < -0.4 is 5.32 Å². The van der Waals surface area contributed by atoms with Crippen molar-refractivity contribution in [3.63, 3.8) is 0 Å². The van der Waals surface area contributed by atoms with Gasteiger partial charge in [0.15, 0.2) is 5.65 Å². The number of carbonyl (C=O) groups is 2. The van der Waals surface area contributed by atoms with Crippen LogP contribution in [0.4, 0.5) is 0 Å². The Hall–Kier alpha value is -2.44. The number of hydrogen-bond donors (Lipinski definition) is 2. The standard InChI is InChI=1S/C13H14N4O3/c18-12(16-10(13(19)20)6-8-2-3-8)9-7-15-17-5-1-4-14-11(9)17/h1,4-5,7-8,10H,2-3,6H2,(H,16,18)(H,19,20). The molecule has 3 rings (SSSR count). The SMILES string of the molecule is O=C(NC(CC1CC1)C(=O)O)c1cnn2cccnc12. The van der Waals surface area contributed by atoms with E-state index in [1.54, 1.807) is 18.5 Å². The van der Waals surface area contributed by atoms with Crippen molar-refractivity contribution in [2.24, 2.45) is 5.92 Å². The lowest BCUT2D eigenvalue weighted by Crippen LogP contribution is -2.41. The van der Waals surface area contributed by atoms with Gasteiger partial charge in [0.2, 0.25) is 0 Å². The summed E-state index contributed by atoms with van der Waals surface area (Å²) in [5, 5.41) is 15.7. The zero-order valence-corrected chi connectivity index (χ0v) is 10.7. The summed E-state index contributed by atoms with van der Waals surface area (Å²) in [7, 11) is 0. The molecule has 2 N–H and O–H groups in total. The highest BCUT2D eigenvalue weighted by atomic mass is 16.4. The minimum atomic E-state index is -1.00. The van der Waals surface area contributed by atoms with Crippen molar-refractivity contribution >= 4 is 17.5 Å². The molecule has 1 atom stereocenters. The van der Waals surface area contributed by atoms with Crippen molar-refractivity contribution in [3.05, 3.63) is 30.2 Å². The second-order valence-electron chi connectivity index (χ2n) is 4.99. The summed E-state index contributed by atoms with van der Waals surface area (Å²) in [6.07, 6.45) is 7.20. The van der Waals surface area contributed by atoms with Crippen LogP contribution in [-0.2, 0) is 4.79 Å². The molecule has 2 aromatic heterocycles. The van der Waals surface area contributed by atoms with Gasteiger partial charge < -0.3 is 10.4 Å². The molecule has 1 unspecified atom stereocenters. The minimum absolute atomic E-state index is 0.285. The minimum Gasteiger partial charge on any atom is -0.480 e. The van der Waals surface area contributed by atoms with E-state index in [2.05, 4.69) is 15.4 Å². The molecule has 0 spiro atoms. The summed E-state index contributed by atoms with van der Waals surface area (Å²) in [6, 6.07) is 0.850. The van der Waals surface area contributed by atoms with Crippen LogP contribution in [0.1, 0.15) is 29.6 Å². The molecule has 1 fully saturated rings. The summed E-state index contributed by atoms with van der Waals surface area (Å²) >= 11 is 0. The third-order valence-electron chi connectivity index (χ3n) is 3.39. The molecule has 1 amide bonds. The maximum atomic E-state index is 12.2. The van der Waals surface area contributed by atoms with Crippen molar-refractivity contribution in [1.29, 1.82) is 0 Å². The van der Waals surface area contributed by atoms with Crippen LogP contribution in [0.5, 0.6) is 0 Å². The van der Waals surface area contributed by atoms with Crippen LogP contribution in [0.3, 0.4) is 0 Å². The summed E-state index contributed by atoms with van der Waals surface area (Å²) in [6.45, 7) is 0. The molecule has 0 bridgehead atoms. The van der Waals surface area contributed by atoms with Crippen LogP contribution in [-0.4, -0.2) is 37.6 Å². The lowest BCUT2D eigenvalue weighted by molar-refractivity contribution is -0.139. The van der Waals surface area contributed by atoms with Crippen LogP contribution >= 0.6 is 0 Å². The highest BCUT2D eigenvalue weighted by molar-refractivity contribution is 6.01. The zero-order chi connectivity index (χ0) is 14.1. The highest BCUT2D eigenvalue weighted by Gasteiger charge is 2.30. The first kappa shape index (κ1) is 12.6. The second-order valence-corrected chi connectivity index (χ2v) is 4.99. The Balaban J connectivity index is 1.78. The molecule has 0 aromatic carbocycles. The molecule has 0 saturated heterocycles. The lowest BCUT2D eigenvalue weighted by Gasteiger charge is -2.13. The molecular weight excluding hydrogens is 260 g/mol. The van der Waals surface area contributed by atoms with E-state index in [-0.39, 0.29) is 5.56 Å². The smallest absolute Gasteiger partial charge is 0.326 e. The predicted octanol–water partition coefficient (Wildman–Crippen LogP) is 0.712. The van der Waals surface area contributed by atoms with Gasteiger partial charge in [-0.1, -0.05) is 12.8 Å². The third kappa shape index (κ3) is 2.47. The number of fused-ring (bicyclic) bond motifs is 1. The fraction of sp³-hybridized carbons (Fsp3) is 0.385. The number of carboxylic acids is 1. The molecule has 20 heavy (non-hydrogen) atoms. The van der Waals surface area contributed by atoms with E-state index < -0.39 is 17.9 Å². The Labute approximate surface area is 114 Å². The first-order valence-electron chi connectivity index (χ1n) is 6.47. The molecule has 0 radical (unpaired) electrons. The van der Waals surface area contributed by atoms with Gasteiger partial charge in [0.1, 0.15) is 11.6 Å². The van der Waals surface area contributed by atoms with Gasteiger partial charge in [-0.15, -0.1) is 0 Å². The Morgan fingerprint density at radius 1 is 1.50 bits per heavy atom. The maximum absolute atomic E-state index is 12.2. The van der Waals surface area contributed by atoms with Gasteiger partial charge in [0, 0.05) is 12.4 Å². The molecule has 2 aromatic rings. The fourth-order valence-corrected chi connectivity index (χ4v) is 2.13. The normalized spacial score (nSPS) is 16.0. The summed E-state index contributed by atoms with van der Waals surface area (Å²) in [5.41, 5.74) is 0.702. The van der Waals surface area contributed by atoms with Crippen LogP contribution in [0, 0.1) is 5.92 Å². The number of aliphatic carboxylic acids is 1. The molecule has 7 nitrogen and oxygen atoms in total. The average Bonchev–Trinajstić information content (AvgIpc) is 3.14. The lowest BCUT2D eigenvalue weighted by atomic mass is 10.1. The summed E-state index contributed by atoms with van der Waals surface area (Å²) < 4.78 is 1.48. The number of nitrogens with one attached hydrogen (secondary N) is 1. The molecular formula is C13H14N4O3. The Morgan fingerprint density at radius 3 is 3.00 bits per heavy atom. The van der Waals surface area contributed by atoms with Crippen LogP contribution in [0.25, 0.3) is 5.65 Å². The molecule has 1 aliphatic rings. The number of carboxylic acid groups (broad SMARTS) is 1. The number of rotatable bonds is 5. The monoisotopic (exact) mass is 274 g/mol. The van der Waals surface area contributed by atoms with Crippen molar-refractivity contribution in [3.8, 4) is 0 Å². The first-order valence-corrected chi connectivity index (χ1v) is 6.47. The van der Waals surface area contributed by atoms with Gasteiger partial charge in [-0.3, -0.25) is 4.79 Å². The Morgan fingerprint density at radius 2 is 2.30 bits per heavy atom. The Bertz CT molecular complexity index is 662. The van der Waals surface area contributed by atoms with Crippen LogP contribution in [0.15, 0.2) is 24.7 Å². The molecule has 1 saturated carbocycles. The molecule has 2 heterocycles. The van der Waals surface area contributed by atoms with Gasteiger partial charge >= 0.3 is 5.97 Å². The van der Waals surface area contributed by atoms with E-state index in [1.165, 1.54) is 10.7 Å². The van der Waals surface area contributed by atoms with Crippen molar-refractivity contribution in [2.75, 3.05) is 0 Å². The number of nitrogens with zero attached hydrogens (tertiary/aromatic N) is 3. The van der Waals surface area contributed by atoms with E-state index in [0.29, 0.717) is 18.0 Å². The van der Waals surface area contributed by atoms with Gasteiger partial charge in [-0.05, 0) is 18.4 Å². The molecule has 104 valence electrons. The van der Waals surface area contributed by atoms with E-state index in [9.17, 15) is 9.59 Å². The van der Waals surface area contributed by atoms with E-state index in [4.69, 9.17) is 5.11 Å². The first-order chi connectivity index (χ1) is 9.65. The molecule has 7 heteroatoms. The van der Waals surface area contributed by atoms with Gasteiger partial charge in [0.05, 0.1) is 6.20 Å². The average molecular weight is 274 g/mol. The van der Waals surface area contributed by atoms with Gasteiger partial charge in [-0.25, -0.2) is 14.3 Å². The number of amides is 1. The number of hydrogen-bond acceptors (Lipinski definition) is 4. The van der Waals surface area contributed by atoms with Gasteiger partial charge in [-0.2, -0.15) is 5.10 Å². The third-order valence-corrected chi connectivity index (χ3v) is 3.39. The van der Waals surface area contributed by atoms with Crippen molar-refractivity contribution in [1.82, 2.24) is 19.9 Å². The molecule has 0 aliphatic heterocycles. The summed E-state index contributed by atoms with van der Waals surface area (Å²) in [5.74, 6) is -1.04. The van der Waals surface area contributed by atoms with Crippen molar-refractivity contribution in [2.45, 2.75) is 25.3 Å². The number of carbonyl (C=O) groups excluding carboxylic acids is 1. The van der Waals surface area contributed by atoms with E-state index in [0.717, 1.165) is 12.8 Å². The highest BCUT2D eigenvalue weighted by Crippen LogP contribution is 2.33. The topological polar surface area (TPSA) is 96.6 Å². The Kier molecular flexibility index (Phi) is 3.09. The maximum Gasteiger partial charge on any atom is 0.326 e. The van der Waals surface area contributed by atoms with Crippen molar-refractivity contribution < 1.29 is 14.7 Å². The largest absolute Gasteiger partial charge is 0.480 e. The quantitative estimate of drug-likeness (QED) is 0.837. The molecule has 1 aliphatic carbocycles. The zero-order valence-electron chi connectivity index (χ0n) is 10.7.